The number of nitrogens with one attached hydrogen (secondary N) is 1. The summed E-state index contributed by atoms with van der Waals surface area (Å²) < 4.78 is 11.3. The summed E-state index contributed by atoms with van der Waals surface area (Å²) in [4.78, 5) is 12.4. The Bertz CT molecular complexity index is 762. The Hall–Kier alpha value is -1.92. The molecule has 0 aliphatic heterocycles. The van der Waals surface area contributed by atoms with Crippen molar-refractivity contribution in [2.45, 2.75) is 0 Å². The van der Waals surface area contributed by atoms with Crippen molar-refractivity contribution in [2.24, 2.45) is 0 Å². The number of allylic oxidation sites excluding steroid dienone is 1. The highest BCUT2D eigenvalue weighted by molar-refractivity contribution is 9.10. The lowest BCUT2D eigenvalue weighted by Crippen LogP contribution is -2.02. The van der Waals surface area contributed by atoms with Crippen molar-refractivity contribution in [3.05, 3.63) is 63.6 Å². The van der Waals surface area contributed by atoms with Crippen LogP contribution in [-0.4, -0.2) is 26.3 Å². The Kier molecular flexibility index (Phi) is 6.75. The Morgan fingerprint density at radius 1 is 1.12 bits per heavy atom. The number of thioether (sulfide) groups is 1. The molecule has 0 atom stereocenters. The van der Waals surface area contributed by atoms with Crippen LogP contribution in [0.4, 0.5) is 5.69 Å². The molecule has 1 N–H and O–H groups in total. The number of benzene rings is 2. The number of hydrogen-bond acceptors (Lipinski definition) is 5. The van der Waals surface area contributed by atoms with E-state index in [0.717, 1.165) is 15.2 Å². The van der Waals surface area contributed by atoms with Gasteiger partial charge in [-0.2, -0.15) is 0 Å². The lowest BCUT2D eigenvalue weighted by atomic mass is 10.1. The fraction of sp³-hybridized carbons (Fsp3) is 0.167. The van der Waals surface area contributed by atoms with Gasteiger partial charge < -0.3 is 14.8 Å². The Labute approximate surface area is 154 Å². The molecule has 0 fully saturated rings. The minimum atomic E-state index is -0.0696. The lowest BCUT2D eigenvalue weighted by Gasteiger charge is -2.12. The van der Waals surface area contributed by atoms with E-state index in [1.807, 2.05) is 42.7 Å². The average molecular weight is 408 g/mol. The highest BCUT2D eigenvalue weighted by atomic mass is 79.9. The predicted octanol–water partition coefficient (Wildman–Crippen LogP) is 4.97. The molecule has 0 spiro atoms. The molecule has 0 bridgehead atoms. The van der Waals surface area contributed by atoms with Crippen molar-refractivity contribution in [3.63, 3.8) is 0 Å². The van der Waals surface area contributed by atoms with E-state index < -0.39 is 0 Å². The third-order valence-corrected chi connectivity index (χ3v) is 4.62. The number of hydrogen-bond donors (Lipinski definition) is 1. The summed E-state index contributed by atoms with van der Waals surface area (Å²) in [6, 6.07) is 12.9. The standard InChI is InChI=1S/C18H18BrNO3S/c1-22-16-9-8-12(10-17(16)23-2)20-18(24-3)11-15(21)13-6-4-5-7-14(13)19/h4-11,20H,1-3H3/b18-11-. The highest BCUT2D eigenvalue weighted by Gasteiger charge is 2.10. The van der Waals surface area contributed by atoms with Crippen LogP contribution in [0.1, 0.15) is 10.4 Å². The molecule has 2 rings (SSSR count). The molecule has 0 radical (unpaired) electrons. The SMILES string of the molecule is COc1ccc(N/C(=C/C(=O)c2ccccc2Br)SC)cc1OC. The molecule has 0 aliphatic carbocycles. The summed E-state index contributed by atoms with van der Waals surface area (Å²) in [5.74, 6) is 1.21. The van der Waals surface area contributed by atoms with E-state index >= 15 is 0 Å². The van der Waals surface area contributed by atoms with Gasteiger partial charge in [0.1, 0.15) is 0 Å². The van der Waals surface area contributed by atoms with Crippen LogP contribution in [0.15, 0.2) is 58.0 Å². The second-order valence-electron chi connectivity index (χ2n) is 4.75. The first-order chi connectivity index (χ1) is 11.6. The lowest BCUT2D eigenvalue weighted by molar-refractivity contribution is 0.104. The van der Waals surface area contributed by atoms with Gasteiger partial charge >= 0.3 is 0 Å². The molecule has 2 aromatic carbocycles. The molecule has 24 heavy (non-hydrogen) atoms. The Balaban J connectivity index is 2.23. The number of carbonyl (C=O) groups is 1. The summed E-state index contributed by atoms with van der Waals surface area (Å²) in [7, 11) is 3.18. The molecule has 6 heteroatoms. The molecule has 4 nitrogen and oxygen atoms in total. The van der Waals surface area contributed by atoms with Crippen LogP contribution in [0.5, 0.6) is 11.5 Å². The molecule has 2 aromatic rings. The number of ether oxygens (including phenoxy) is 2. The fourth-order valence-corrected chi connectivity index (χ4v) is 2.99. The topological polar surface area (TPSA) is 47.6 Å². The fourth-order valence-electron chi connectivity index (χ4n) is 2.06. The van der Waals surface area contributed by atoms with Crippen LogP contribution in [0.3, 0.4) is 0 Å². The van der Waals surface area contributed by atoms with Crippen LogP contribution in [0.2, 0.25) is 0 Å². The summed E-state index contributed by atoms with van der Waals surface area (Å²) in [6.07, 6.45) is 3.49. The highest BCUT2D eigenvalue weighted by Crippen LogP contribution is 2.31. The molecular weight excluding hydrogens is 390 g/mol. The van der Waals surface area contributed by atoms with Gasteiger partial charge in [0.25, 0.3) is 0 Å². The molecule has 0 unspecified atom stereocenters. The zero-order chi connectivity index (χ0) is 17.5. The molecule has 0 aromatic heterocycles. The Morgan fingerprint density at radius 2 is 1.83 bits per heavy atom. The van der Waals surface area contributed by atoms with Gasteiger partial charge in [-0.15, -0.1) is 11.8 Å². The van der Waals surface area contributed by atoms with Crippen molar-refractivity contribution in [1.29, 1.82) is 0 Å². The van der Waals surface area contributed by atoms with Gasteiger partial charge in [-0.3, -0.25) is 4.79 Å². The zero-order valence-electron chi connectivity index (χ0n) is 13.6. The van der Waals surface area contributed by atoms with Crippen LogP contribution < -0.4 is 14.8 Å². The van der Waals surface area contributed by atoms with Gasteiger partial charge in [-0.25, -0.2) is 0 Å². The number of rotatable bonds is 7. The van der Waals surface area contributed by atoms with Crippen molar-refractivity contribution >= 4 is 39.2 Å². The molecule has 0 saturated heterocycles. The van der Waals surface area contributed by atoms with Crippen molar-refractivity contribution in [3.8, 4) is 11.5 Å². The first-order valence-electron chi connectivity index (χ1n) is 7.12. The van der Waals surface area contributed by atoms with Gasteiger partial charge in [-0.1, -0.05) is 28.1 Å². The van der Waals surface area contributed by atoms with Crippen LogP contribution >= 0.6 is 27.7 Å². The van der Waals surface area contributed by atoms with Gasteiger partial charge in [-0.05, 0) is 30.5 Å². The molecular formula is C18H18BrNO3S. The van der Waals surface area contributed by atoms with E-state index in [1.165, 1.54) is 11.8 Å². The molecule has 0 saturated carbocycles. The van der Waals surface area contributed by atoms with Crippen LogP contribution in [0.25, 0.3) is 0 Å². The molecule has 0 aliphatic rings. The maximum absolute atomic E-state index is 12.4. The van der Waals surface area contributed by atoms with E-state index in [1.54, 1.807) is 26.4 Å². The van der Waals surface area contributed by atoms with Crippen molar-refractivity contribution in [1.82, 2.24) is 0 Å². The van der Waals surface area contributed by atoms with Crippen molar-refractivity contribution < 1.29 is 14.3 Å². The maximum atomic E-state index is 12.4. The minimum Gasteiger partial charge on any atom is -0.493 e. The van der Waals surface area contributed by atoms with E-state index in [2.05, 4.69) is 21.2 Å². The van der Waals surface area contributed by atoms with Gasteiger partial charge in [0, 0.05) is 27.9 Å². The first-order valence-corrected chi connectivity index (χ1v) is 9.14. The number of methoxy groups -OCH3 is 2. The minimum absolute atomic E-state index is 0.0696. The van der Waals surface area contributed by atoms with Crippen LogP contribution in [-0.2, 0) is 0 Å². The van der Waals surface area contributed by atoms with Crippen molar-refractivity contribution in [2.75, 3.05) is 25.8 Å². The molecule has 0 heterocycles. The van der Waals surface area contributed by atoms with E-state index in [4.69, 9.17) is 9.47 Å². The third-order valence-electron chi connectivity index (χ3n) is 3.27. The second-order valence-corrected chi connectivity index (χ2v) is 6.45. The number of carbonyl (C=O) groups excluding carboxylic acids is 1. The van der Waals surface area contributed by atoms with E-state index in [9.17, 15) is 4.79 Å². The van der Waals surface area contributed by atoms with Crippen LogP contribution in [0, 0.1) is 0 Å². The second kappa shape index (κ2) is 8.80. The van der Waals surface area contributed by atoms with Gasteiger partial charge in [0.2, 0.25) is 0 Å². The summed E-state index contributed by atoms with van der Waals surface area (Å²) in [5, 5.41) is 3.97. The normalized spacial score (nSPS) is 11.1. The summed E-state index contributed by atoms with van der Waals surface area (Å²) >= 11 is 4.86. The maximum Gasteiger partial charge on any atom is 0.189 e. The summed E-state index contributed by atoms with van der Waals surface area (Å²) in [6.45, 7) is 0. The van der Waals surface area contributed by atoms with E-state index in [-0.39, 0.29) is 5.78 Å². The largest absolute Gasteiger partial charge is 0.493 e. The Morgan fingerprint density at radius 3 is 2.46 bits per heavy atom. The first kappa shape index (κ1) is 18.4. The zero-order valence-corrected chi connectivity index (χ0v) is 16.0. The summed E-state index contributed by atoms with van der Waals surface area (Å²) in [5.41, 5.74) is 1.44. The smallest absolute Gasteiger partial charge is 0.189 e. The van der Waals surface area contributed by atoms with Gasteiger partial charge in [0.15, 0.2) is 17.3 Å². The predicted molar refractivity (Wildman–Crippen MR) is 103 cm³/mol. The monoisotopic (exact) mass is 407 g/mol. The number of anilines is 1. The van der Waals surface area contributed by atoms with E-state index in [0.29, 0.717) is 17.1 Å². The number of ketones is 1. The van der Waals surface area contributed by atoms with Gasteiger partial charge in [0.05, 0.1) is 19.2 Å². The molecule has 0 amide bonds. The quantitative estimate of drug-likeness (QED) is 0.518. The average Bonchev–Trinajstić information content (AvgIpc) is 2.61. The number of halogens is 1. The molecule has 126 valence electrons. The third kappa shape index (κ3) is 4.55.